The molecule has 1 aliphatic heterocycles. The standard InChI is InChI=1S/C14H28N4O2.HI/c1-3-15-14(16-8-7-11-20-4-2)17-12-13(19)18-9-5-6-10-18;/h3-12H2,1-2H3,(H2,15,16,17);1H. The number of ether oxygens (including phenoxy) is 1. The van der Waals surface area contributed by atoms with Crippen molar-refractivity contribution in [3.63, 3.8) is 0 Å². The van der Waals surface area contributed by atoms with Crippen molar-refractivity contribution in [3.05, 3.63) is 0 Å². The molecule has 0 unspecified atom stereocenters. The molecule has 1 saturated heterocycles. The fraction of sp³-hybridized carbons (Fsp3) is 0.857. The van der Waals surface area contributed by atoms with E-state index in [1.807, 2.05) is 18.7 Å². The Morgan fingerprint density at radius 2 is 1.95 bits per heavy atom. The van der Waals surface area contributed by atoms with Crippen LogP contribution in [-0.4, -0.2) is 62.7 Å². The summed E-state index contributed by atoms with van der Waals surface area (Å²) >= 11 is 0. The second-order valence-corrected chi connectivity index (χ2v) is 4.76. The average Bonchev–Trinajstić information content (AvgIpc) is 2.98. The number of nitrogens with zero attached hydrogens (tertiary/aromatic N) is 2. The summed E-state index contributed by atoms with van der Waals surface area (Å²) in [5, 5.41) is 6.36. The normalized spacial score (nSPS) is 14.8. The van der Waals surface area contributed by atoms with Crippen LogP contribution in [0.1, 0.15) is 33.1 Å². The molecule has 124 valence electrons. The van der Waals surface area contributed by atoms with E-state index >= 15 is 0 Å². The second-order valence-electron chi connectivity index (χ2n) is 4.76. The first-order chi connectivity index (χ1) is 9.77. The van der Waals surface area contributed by atoms with Crippen LogP contribution in [0.4, 0.5) is 0 Å². The number of amides is 1. The van der Waals surface area contributed by atoms with E-state index in [1.165, 1.54) is 0 Å². The Balaban J connectivity index is 0.00000400. The van der Waals surface area contributed by atoms with Crippen LogP contribution in [-0.2, 0) is 9.53 Å². The summed E-state index contributed by atoms with van der Waals surface area (Å²) in [6.07, 6.45) is 3.16. The molecule has 0 aliphatic carbocycles. The first-order valence-corrected chi connectivity index (χ1v) is 7.65. The highest BCUT2D eigenvalue weighted by Crippen LogP contribution is 2.07. The molecule has 0 radical (unpaired) electrons. The number of rotatable bonds is 8. The molecule has 7 heteroatoms. The van der Waals surface area contributed by atoms with Crippen molar-refractivity contribution in [1.82, 2.24) is 15.5 Å². The number of hydrogen-bond acceptors (Lipinski definition) is 3. The first kappa shape index (κ1) is 20.4. The van der Waals surface area contributed by atoms with Crippen molar-refractivity contribution < 1.29 is 9.53 Å². The van der Waals surface area contributed by atoms with E-state index in [1.54, 1.807) is 0 Å². The number of guanidine groups is 1. The zero-order valence-electron chi connectivity index (χ0n) is 13.2. The van der Waals surface area contributed by atoms with E-state index < -0.39 is 0 Å². The van der Waals surface area contributed by atoms with Crippen molar-refractivity contribution in [2.24, 2.45) is 4.99 Å². The Morgan fingerprint density at radius 3 is 2.57 bits per heavy atom. The van der Waals surface area contributed by atoms with E-state index in [0.717, 1.165) is 58.7 Å². The molecule has 0 saturated carbocycles. The van der Waals surface area contributed by atoms with E-state index in [4.69, 9.17) is 4.74 Å². The molecule has 1 aliphatic rings. The molecule has 1 amide bonds. The van der Waals surface area contributed by atoms with Crippen LogP contribution >= 0.6 is 24.0 Å². The summed E-state index contributed by atoms with van der Waals surface area (Å²) in [6.45, 7) is 9.07. The number of nitrogens with one attached hydrogen (secondary N) is 2. The lowest BCUT2D eigenvalue weighted by atomic mass is 10.4. The zero-order valence-corrected chi connectivity index (χ0v) is 15.5. The van der Waals surface area contributed by atoms with Crippen LogP contribution in [0.15, 0.2) is 4.99 Å². The lowest BCUT2D eigenvalue weighted by Gasteiger charge is -2.15. The van der Waals surface area contributed by atoms with Crippen LogP contribution < -0.4 is 10.6 Å². The van der Waals surface area contributed by atoms with Gasteiger partial charge >= 0.3 is 0 Å². The summed E-state index contributed by atoms with van der Waals surface area (Å²) in [4.78, 5) is 18.1. The quantitative estimate of drug-likeness (QED) is 0.272. The Morgan fingerprint density at radius 1 is 1.24 bits per heavy atom. The number of carbonyl (C=O) groups is 1. The highest BCUT2D eigenvalue weighted by atomic mass is 127. The Hall–Kier alpha value is -0.570. The van der Waals surface area contributed by atoms with Crippen molar-refractivity contribution >= 4 is 35.8 Å². The van der Waals surface area contributed by atoms with Gasteiger partial charge in [0.25, 0.3) is 0 Å². The Bertz CT molecular complexity index is 307. The van der Waals surface area contributed by atoms with Gasteiger partial charge in [-0.25, -0.2) is 4.99 Å². The Labute approximate surface area is 145 Å². The number of carbonyl (C=O) groups excluding carboxylic acids is 1. The fourth-order valence-electron chi connectivity index (χ4n) is 2.08. The van der Waals surface area contributed by atoms with E-state index in [-0.39, 0.29) is 36.4 Å². The first-order valence-electron chi connectivity index (χ1n) is 7.65. The SMILES string of the molecule is CCNC(=NCC(=O)N1CCCC1)NCCCOCC.I. The van der Waals surface area contributed by atoms with Gasteiger partial charge in [0.15, 0.2) is 5.96 Å². The minimum absolute atomic E-state index is 0. The molecule has 21 heavy (non-hydrogen) atoms. The maximum Gasteiger partial charge on any atom is 0.244 e. The second kappa shape index (κ2) is 13.1. The monoisotopic (exact) mass is 412 g/mol. The molecule has 0 aromatic rings. The van der Waals surface area contributed by atoms with Crippen molar-refractivity contribution in [3.8, 4) is 0 Å². The largest absolute Gasteiger partial charge is 0.382 e. The molecular weight excluding hydrogens is 383 g/mol. The summed E-state index contributed by atoms with van der Waals surface area (Å²) in [6, 6.07) is 0. The van der Waals surface area contributed by atoms with Gasteiger partial charge in [-0.3, -0.25) is 4.79 Å². The maximum atomic E-state index is 11.9. The molecule has 1 rings (SSSR count). The average molecular weight is 412 g/mol. The third-order valence-corrected chi connectivity index (χ3v) is 3.14. The van der Waals surface area contributed by atoms with Crippen molar-refractivity contribution in [1.29, 1.82) is 0 Å². The van der Waals surface area contributed by atoms with E-state index in [9.17, 15) is 4.79 Å². The van der Waals surface area contributed by atoms with Gasteiger partial charge < -0.3 is 20.3 Å². The molecule has 0 bridgehead atoms. The molecule has 6 nitrogen and oxygen atoms in total. The zero-order chi connectivity index (χ0) is 14.6. The van der Waals surface area contributed by atoms with Crippen molar-refractivity contribution in [2.75, 3.05) is 45.9 Å². The van der Waals surface area contributed by atoms with Crippen LogP contribution in [0.2, 0.25) is 0 Å². The molecule has 0 aromatic carbocycles. The minimum atomic E-state index is 0. The topological polar surface area (TPSA) is 66.0 Å². The third-order valence-electron chi connectivity index (χ3n) is 3.14. The summed E-state index contributed by atoms with van der Waals surface area (Å²) in [5.74, 6) is 0.825. The summed E-state index contributed by atoms with van der Waals surface area (Å²) < 4.78 is 5.28. The lowest BCUT2D eigenvalue weighted by Crippen LogP contribution is -2.39. The molecule has 1 heterocycles. The smallest absolute Gasteiger partial charge is 0.244 e. The third kappa shape index (κ3) is 9.13. The van der Waals surface area contributed by atoms with Gasteiger partial charge in [-0.1, -0.05) is 0 Å². The highest BCUT2D eigenvalue weighted by molar-refractivity contribution is 14.0. The van der Waals surface area contributed by atoms with Gasteiger partial charge in [-0.05, 0) is 33.1 Å². The molecular formula is C14H29IN4O2. The minimum Gasteiger partial charge on any atom is -0.382 e. The lowest BCUT2D eigenvalue weighted by molar-refractivity contribution is -0.128. The van der Waals surface area contributed by atoms with Gasteiger partial charge in [0.05, 0.1) is 0 Å². The maximum absolute atomic E-state index is 11.9. The van der Waals surface area contributed by atoms with Gasteiger partial charge in [-0.15, -0.1) is 24.0 Å². The Kier molecular flexibility index (Phi) is 12.8. The number of likely N-dealkylation sites (tertiary alicyclic amines) is 1. The number of halogens is 1. The van der Waals surface area contributed by atoms with Gasteiger partial charge in [0, 0.05) is 39.4 Å². The molecule has 0 aromatic heterocycles. The molecule has 2 N–H and O–H groups in total. The van der Waals surface area contributed by atoms with Crippen LogP contribution in [0.5, 0.6) is 0 Å². The molecule has 0 spiro atoms. The van der Waals surface area contributed by atoms with Gasteiger partial charge in [0.2, 0.25) is 5.91 Å². The predicted molar refractivity (Wildman–Crippen MR) is 96.3 cm³/mol. The number of hydrogen-bond donors (Lipinski definition) is 2. The number of aliphatic imine (C=N–C) groups is 1. The van der Waals surface area contributed by atoms with Gasteiger partial charge in [0.1, 0.15) is 6.54 Å². The van der Waals surface area contributed by atoms with Crippen LogP contribution in [0, 0.1) is 0 Å². The van der Waals surface area contributed by atoms with Gasteiger partial charge in [-0.2, -0.15) is 0 Å². The molecule has 0 atom stereocenters. The van der Waals surface area contributed by atoms with E-state index in [2.05, 4.69) is 15.6 Å². The highest BCUT2D eigenvalue weighted by Gasteiger charge is 2.17. The predicted octanol–water partition coefficient (Wildman–Crippen LogP) is 1.21. The summed E-state index contributed by atoms with van der Waals surface area (Å²) in [7, 11) is 0. The van der Waals surface area contributed by atoms with Crippen LogP contribution in [0.3, 0.4) is 0 Å². The summed E-state index contributed by atoms with van der Waals surface area (Å²) in [5.41, 5.74) is 0. The van der Waals surface area contributed by atoms with Crippen molar-refractivity contribution in [2.45, 2.75) is 33.1 Å². The molecule has 1 fully saturated rings. The fourth-order valence-corrected chi connectivity index (χ4v) is 2.08. The van der Waals surface area contributed by atoms with E-state index in [0.29, 0.717) is 5.96 Å². The van der Waals surface area contributed by atoms with Crippen LogP contribution in [0.25, 0.3) is 0 Å².